The number of benzene rings is 4. The van der Waals surface area contributed by atoms with Gasteiger partial charge in [-0.25, -0.2) is 0 Å². The van der Waals surface area contributed by atoms with E-state index in [0.29, 0.717) is 27.1 Å². The number of fused-ring (bicyclic) bond motifs is 1. The second kappa shape index (κ2) is 9.78. The molecular formula is C27H19Cl2NO2. The third-order valence-corrected chi connectivity index (χ3v) is 5.72. The first kappa shape index (κ1) is 21.8. The second-order valence-corrected chi connectivity index (χ2v) is 7.96. The van der Waals surface area contributed by atoms with Crippen molar-refractivity contribution in [1.29, 1.82) is 5.26 Å². The van der Waals surface area contributed by atoms with Gasteiger partial charge in [0.2, 0.25) is 0 Å². The van der Waals surface area contributed by atoms with Gasteiger partial charge in [-0.1, -0.05) is 77.8 Å². The molecule has 0 unspecified atom stereocenters. The Morgan fingerprint density at radius 3 is 2.41 bits per heavy atom. The van der Waals surface area contributed by atoms with Crippen LogP contribution in [0, 0.1) is 11.3 Å². The minimum absolute atomic E-state index is 0.255. The van der Waals surface area contributed by atoms with Crippen LogP contribution in [0.15, 0.2) is 78.9 Å². The lowest BCUT2D eigenvalue weighted by Gasteiger charge is -2.14. The van der Waals surface area contributed by atoms with Crippen LogP contribution in [0.3, 0.4) is 0 Å². The van der Waals surface area contributed by atoms with Gasteiger partial charge in [-0.15, -0.1) is 0 Å². The summed E-state index contributed by atoms with van der Waals surface area (Å²) in [5.41, 5.74) is 2.94. The lowest BCUT2D eigenvalue weighted by Crippen LogP contribution is -1.99. The molecule has 0 spiro atoms. The van der Waals surface area contributed by atoms with Gasteiger partial charge < -0.3 is 9.47 Å². The van der Waals surface area contributed by atoms with Gasteiger partial charge in [0.25, 0.3) is 0 Å². The molecule has 0 atom stereocenters. The third kappa shape index (κ3) is 4.73. The molecule has 0 aliphatic rings. The molecule has 0 aliphatic carbocycles. The van der Waals surface area contributed by atoms with Crippen LogP contribution in [-0.4, -0.2) is 7.11 Å². The summed E-state index contributed by atoms with van der Waals surface area (Å²) in [6, 6.07) is 27.3. The molecule has 4 aromatic rings. The molecular weight excluding hydrogens is 441 g/mol. The third-order valence-electron chi connectivity index (χ3n) is 5.07. The summed E-state index contributed by atoms with van der Waals surface area (Å²) >= 11 is 12.7. The number of rotatable bonds is 6. The van der Waals surface area contributed by atoms with Crippen LogP contribution in [0.25, 0.3) is 22.4 Å². The lowest BCUT2D eigenvalue weighted by atomic mass is 10.00. The van der Waals surface area contributed by atoms with Crippen molar-refractivity contribution in [3.63, 3.8) is 0 Å². The van der Waals surface area contributed by atoms with Crippen LogP contribution in [-0.2, 0) is 6.61 Å². The summed E-state index contributed by atoms with van der Waals surface area (Å²) in [7, 11) is 1.55. The zero-order valence-electron chi connectivity index (χ0n) is 17.3. The Morgan fingerprint density at radius 2 is 1.66 bits per heavy atom. The highest BCUT2D eigenvalue weighted by molar-refractivity contribution is 6.32. The van der Waals surface area contributed by atoms with Gasteiger partial charge in [0.05, 0.1) is 23.8 Å². The van der Waals surface area contributed by atoms with Gasteiger partial charge in [0.1, 0.15) is 6.61 Å². The van der Waals surface area contributed by atoms with E-state index in [2.05, 4.69) is 6.07 Å². The van der Waals surface area contributed by atoms with E-state index in [1.165, 1.54) is 0 Å². The normalized spacial score (nSPS) is 11.2. The van der Waals surface area contributed by atoms with E-state index in [9.17, 15) is 5.26 Å². The fourth-order valence-corrected chi connectivity index (χ4v) is 3.90. The van der Waals surface area contributed by atoms with Crippen LogP contribution in [0.1, 0.15) is 16.7 Å². The number of nitrogens with zero attached hydrogens (tertiary/aromatic N) is 1. The summed E-state index contributed by atoms with van der Waals surface area (Å²) in [5, 5.41) is 13.0. The maximum atomic E-state index is 9.78. The van der Waals surface area contributed by atoms with Gasteiger partial charge in [-0.05, 0) is 52.2 Å². The Balaban J connectivity index is 1.65. The molecule has 32 heavy (non-hydrogen) atoms. The zero-order chi connectivity index (χ0) is 22.5. The molecule has 158 valence electrons. The molecule has 0 heterocycles. The highest BCUT2D eigenvalue weighted by atomic mass is 35.5. The maximum absolute atomic E-state index is 9.78. The number of halogens is 2. The largest absolute Gasteiger partial charge is 0.493 e. The highest BCUT2D eigenvalue weighted by Crippen LogP contribution is 2.38. The van der Waals surface area contributed by atoms with Crippen molar-refractivity contribution in [2.45, 2.75) is 6.61 Å². The molecule has 0 fully saturated rings. The van der Waals surface area contributed by atoms with Crippen molar-refractivity contribution in [3.05, 3.63) is 106 Å². The molecule has 5 heteroatoms. The summed E-state index contributed by atoms with van der Waals surface area (Å²) < 4.78 is 11.4. The minimum Gasteiger partial charge on any atom is -0.493 e. The highest BCUT2D eigenvalue weighted by Gasteiger charge is 2.13. The predicted molar refractivity (Wildman–Crippen MR) is 131 cm³/mol. The van der Waals surface area contributed by atoms with Crippen LogP contribution in [0.4, 0.5) is 0 Å². The number of ether oxygens (including phenoxy) is 2. The zero-order valence-corrected chi connectivity index (χ0v) is 18.8. The molecule has 3 nitrogen and oxygen atoms in total. The number of methoxy groups -OCH3 is 1. The van der Waals surface area contributed by atoms with Crippen molar-refractivity contribution in [2.75, 3.05) is 7.11 Å². The van der Waals surface area contributed by atoms with Crippen LogP contribution >= 0.6 is 23.2 Å². The van der Waals surface area contributed by atoms with Crippen molar-refractivity contribution in [2.24, 2.45) is 0 Å². The Bertz CT molecular complexity index is 1360. The Labute approximate surface area is 197 Å². The standard InChI is InChI=1S/C27H19Cl2NO2/c1-31-26-14-18(13-25(29)27(26)32-17-22-8-4-5-9-24(22)28)12-23(16-30)21-11-10-19-6-2-3-7-20(19)15-21/h2-15H,17H2,1H3/b23-12-. The van der Waals surface area contributed by atoms with Gasteiger partial charge >= 0.3 is 0 Å². The van der Waals surface area contributed by atoms with E-state index in [-0.39, 0.29) is 6.61 Å². The number of nitriles is 1. The number of allylic oxidation sites excluding steroid dienone is 1. The average molecular weight is 460 g/mol. The molecule has 0 saturated heterocycles. The molecule has 0 aliphatic heterocycles. The van der Waals surface area contributed by atoms with E-state index >= 15 is 0 Å². The Hall–Kier alpha value is -3.45. The van der Waals surface area contributed by atoms with Crippen LogP contribution in [0.2, 0.25) is 10.0 Å². The molecule has 0 saturated carbocycles. The minimum atomic E-state index is 0.255. The summed E-state index contributed by atoms with van der Waals surface area (Å²) in [4.78, 5) is 0. The molecule has 0 N–H and O–H groups in total. The molecule has 4 aromatic carbocycles. The summed E-state index contributed by atoms with van der Waals surface area (Å²) in [5.74, 6) is 0.905. The maximum Gasteiger partial charge on any atom is 0.180 e. The lowest BCUT2D eigenvalue weighted by molar-refractivity contribution is 0.285. The Morgan fingerprint density at radius 1 is 0.906 bits per heavy atom. The number of hydrogen-bond donors (Lipinski definition) is 0. The number of hydrogen-bond acceptors (Lipinski definition) is 3. The topological polar surface area (TPSA) is 42.2 Å². The first-order chi connectivity index (χ1) is 15.6. The quantitative estimate of drug-likeness (QED) is 0.218. The fraction of sp³-hybridized carbons (Fsp3) is 0.0741. The fourth-order valence-electron chi connectivity index (χ4n) is 3.43. The predicted octanol–water partition coefficient (Wildman–Crippen LogP) is 7.80. The van der Waals surface area contributed by atoms with Crippen molar-refractivity contribution >= 4 is 45.6 Å². The van der Waals surface area contributed by atoms with E-state index in [1.807, 2.05) is 66.7 Å². The van der Waals surface area contributed by atoms with Crippen molar-refractivity contribution < 1.29 is 9.47 Å². The molecule has 4 rings (SSSR count). The molecule has 0 bridgehead atoms. The second-order valence-electron chi connectivity index (χ2n) is 7.15. The molecule has 0 aromatic heterocycles. The van der Waals surface area contributed by atoms with E-state index < -0.39 is 0 Å². The van der Waals surface area contributed by atoms with E-state index in [0.717, 1.165) is 27.5 Å². The summed E-state index contributed by atoms with van der Waals surface area (Å²) in [6.07, 6.45) is 1.79. The van der Waals surface area contributed by atoms with Crippen molar-refractivity contribution in [1.82, 2.24) is 0 Å². The molecule has 0 radical (unpaired) electrons. The van der Waals surface area contributed by atoms with E-state index in [1.54, 1.807) is 25.3 Å². The van der Waals surface area contributed by atoms with Gasteiger partial charge in [-0.3, -0.25) is 0 Å². The average Bonchev–Trinajstić information content (AvgIpc) is 2.82. The Kier molecular flexibility index (Phi) is 6.66. The van der Waals surface area contributed by atoms with Crippen molar-refractivity contribution in [3.8, 4) is 17.6 Å². The molecule has 0 amide bonds. The first-order valence-electron chi connectivity index (χ1n) is 9.94. The smallest absolute Gasteiger partial charge is 0.180 e. The summed E-state index contributed by atoms with van der Waals surface area (Å²) in [6.45, 7) is 0.255. The van der Waals surface area contributed by atoms with Gasteiger partial charge in [0.15, 0.2) is 11.5 Å². The van der Waals surface area contributed by atoms with Gasteiger partial charge in [0, 0.05) is 10.6 Å². The monoisotopic (exact) mass is 459 g/mol. The van der Waals surface area contributed by atoms with Gasteiger partial charge in [-0.2, -0.15) is 5.26 Å². The van der Waals surface area contributed by atoms with Crippen LogP contribution in [0.5, 0.6) is 11.5 Å². The first-order valence-corrected chi connectivity index (χ1v) is 10.7. The van der Waals surface area contributed by atoms with Crippen LogP contribution < -0.4 is 9.47 Å². The van der Waals surface area contributed by atoms with E-state index in [4.69, 9.17) is 32.7 Å². The SMILES string of the molecule is COc1cc(/C=C(/C#N)c2ccc3ccccc3c2)cc(Cl)c1OCc1ccccc1Cl.